The second-order valence-corrected chi connectivity index (χ2v) is 9.75. The fraction of sp³-hybridized carbons (Fsp3) is 0.500. The van der Waals surface area contributed by atoms with E-state index >= 15 is 0 Å². The van der Waals surface area contributed by atoms with Gasteiger partial charge < -0.3 is 19.3 Å². The van der Waals surface area contributed by atoms with Crippen LogP contribution in [0.15, 0.2) is 26.0 Å². The Hall–Kier alpha value is -3.09. The van der Waals surface area contributed by atoms with Crippen molar-refractivity contribution in [2.45, 2.75) is 85.1 Å². The Kier molecular flexibility index (Phi) is 7.00. The number of carbonyl (C=O) groups is 2. The quantitative estimate of drug-likeness (QED) is 0.455. The highest BCUT2D eigenvalue weighted by Gasteiger charge is 2.24. The summed E-state index contributed by atoms with van der Waals surface area (Å²) in [5.41, 5.74) is 3.61. The number of carboxylic acids is 1. The van der Waals surface area contributed by atoms with E-state index in [0.717, 1.165) is 33.9 Å². The van der Waals surface area contributed by atoms with Crippen molar-refractivity contribution >= 4 is 33.8 Å². The number of hydrogen-bond donors (Lipinski definition) is 2. The first-order valence-corrected chi connectivity index (χ1v) is 11.4. The van der Waals surface area contributed by atoms with Crippen LogP contribution < -0.4 is 10.9 Å². The first kappa shape index (κ1) is 24.6. The maximum absolute atomic E-state index is 12.8. The molecule has 0 unspecified atom stereocenters. The van der Waals surface area contributed by atoms with Gasteiger partial charge in [-0.25, -0.2) is 9.59 Å². The monoisotopic (exact) mass is 455 g/mol. The smallest absolute Gasteiger partial charge is 0.339 e. The van der Waals surface area contributed by atoms with E-state index in [1.807, 2.05) is 26.8 Å². The molecule has 0 bridgehead atoms. The number of aliphatic carboxylic acids is 1. The lowest BCUT2D eigenvalue weighted by atomic mass is 9.86. The highest BCUT2D eigenvalue weighted by Crippen LogP contribution is 2.37. The van der Waals surface area contributed by atoms with Crippen LogP contribution in [0.25, 0.3) is 21.9 Å². The Morgan fingerprint density at radius 2 is 1.82 bits per heavy atom. The van der Waals surface area contributed by atoms with Crippen molar-refractivity contribution in [1.29, 1.82) is 0 Å². The molecule has 0 radical (unpaired) electrons. The summed E-state index contributed by atoms with van der Waals surface area (Å²) in [4.78, 5) is 36.6. The lowest BCUT2D eigenvalue weighted by molar-refractivity contribution is -0.142. The SMILES string of the molecule is CCCC[C@@H](NC(=O)CCc1c(C)c2cc3c(C(C)(C)C)coc3c(C)c2oc1=O)C(=O)O. The second kappa shape index (κ2) is 9.41. The zero-order valence-corrected chi connectivity index (χ0v) is 20.3. The molecule has 0 aliphatic carbocycles. The van der Waals surface area contributed by atoms with Crippen LogP contribution in [0.2, 0.25) is 0 Å². The van der Waals surface area contributed by atoms with Crippen LogP contribution in [0.1, 0.15) is 75.6 Å². The predicted octanol–water partition coefficient (Wildman–Crippen LogP) is 5.15. The van der Waals surface area contributed by atoms with Crippen LogP contribution in [0.5, 0.6) is 0 Å². The predicted molar refractivity (Wildman–Crippen MR) is 128 cm³/mol. The van der Waals surface area contributed by atoms with Crippen LogP contribution >= 0.6 is 0 Å². The van der Waals surface area contributed by atoms with Gasteiger partial charge in [-0.2, -0.15) is 0 Å². The number of nitrogens with one attached hydrogen (secondary N) is 1. The Labute approximate surface area is 193 Å². The molecule has 1 amide bonds. The third kappa shape index (κ3) is 4.97. The number of fused-ring (bicyclic) bond motifs is 2. The molecular formula is C26H33NO6. The molecule has 0 spiro atoms. The van der Waals surface area contributed by atoms with Crippen molar-refractivity contribution in [2.24, 2.45) is 0 Å². The molecule has 0 saturated heterocycles. The van der Waals surface area contributed by atoms with E-state index in [-0.39, 0.29) is 18.3 Å². The molecule has 2 N–H and O–H groups in total. The minimum absolute atomic E-state index is 0.00713. The highest BCUT2D eigenvalue weighted by molar-refractivity contribution is 6.00. The number of unbranched alkanes of at least 4 members (excludes halogenated alkanes) is 1. The molecule has 7 nitrogen and oxygen atoms in total. The average Bonchev–Trinajstić information content (AvgIpc) is 3.16. The van der Waals surface area contributed by atoms with Gasteiger partial charge in [0.2, 0.25) is 5.91 Å². The molecular weight excluding hydrogens is 422 g/mol. The summed E-state index contributed by atoms with van der Waals surface area (Å²) < 4.78 is 11.5. The Balaban J connectivity index is 1.94. The molecule has 0 saturated carbocycles. The number of hydrogen-bond acceptors (Lipinski definition) is 5. The van der Waals surface area contributed by atoms with E-state index in [4.69, 9.17) is 8.83 Å². The van der Waals surface area contributed by atoms with E-state index in [2.05, 4.69) is 26.1 Å². The standard InChI is InChI=1S/C26H33NO6/c1-7-8-9-20(24(29)30)27-21(28)11-10-16-14(2)17-12-18-19(26(4,5)6)13-32-22(18)15(3)23(17)33-25(16)31/h12-13,20H,7-11H2,1-6H3,(H,27,28)(H,29,30)/t20-/m1/s1. The Bertz CT molecular complexity index is 1260. The summed E-state index contributed by atoms with van der Waals surface area (Å²) in [5, 5.41) is 13.7. The molecule has 0 fully saturated rings. The van der Waals surface area contributed by atoms with Crippen LogP contribution in [-0.4, -0.2) is 23.0 Å². The van der Waals surface area contributed by atoms with Gasteiger partial charge >= 0.3 is 11.6 Å². The van der Waals surface area contributed by atoms with Gasteiger partial charge in [0.05, 0.1) is 6.26 Å². The molecule has 7 heteroatoms. The van der Waals surface area contributed by atoms with E-state index < -0.39 is 23.5 Å². The summed E-state index contributed by atoms with van der Waals surface area (Å²) in [5.74, 6) is -1.44. The first-order chi connectivity index (χ1) is 15.5. The van der Waals surface area contributed by atoms with Crippen molar-refractivity contribution in [3.63, 3.8) is 0 Å². The number of furan rings is 1. The average molecular weight is 456 g/mol. The zero-order chi connectivity index (χ0) is 24.5. The van der Waals surface area contributed by atoms with Crippen molar-refractivity contribution in [3.8, 4) is 0 Å². The normalized spacial score (nSPS) is 12.9. The fourth-order valence-corrected chi connectivity index (χ4v) is 4.24. The number of aryl methyl sites for hydroxylation is 2. The van der Waals surface area contributed by atoms with Crippen molar-refractivity contribution in [1.82, 2.24) is 5.32 Å². The summed E-state index contributed by atoms with van der Waals surface area (Å²) in [6.45, 7) is 12.0. The van der Waals surface area contributed by atoms with Gasteiger partial charge in [-0.3, -0.25) is 4.79 Å². The van der Waals surface area contributed by atoms with Gasteiger partial charge in [-0.1, -0.05) is 40.5 Å². The van der Waals surface area contributed by atoms with Crippen LogP contribution in [0, 0.1) is 13.8 Å². The van der Waals surface area contributed by atoms with Gasteiger partial charge in [-0.15, -0.1) is 0 Å². The molecule has 3 aromatic rings. The van der Waals surface area contributed by atoms with Gasteiger partial charge in [0.1, 0.15) is 17.2 Å². The van der Waals surface area contributed by atoms with Crippen molar-refractivity contribution in [3.05, 3.63) is 45.0 Å². The minimum Gasteiger partial charge on any atom is -0.480 e. The number of carbonyl (C=O) groups excluding carboxylic acids is 1. The lowest BCUT2D eigenvalue weighted by Crippen LogP contribution is -2.40. The number of rotatable bonds is 8. The summed E-state index contributed by atoms with van der Waals surface area (Å²) in [7, 11) is 0. The summed E-state index contributed by atoms with van der Waals surface area (Å²) in [6.07, 6.45) is 3.87. The molecule has 0 aliphatic heterocycles. The van der Waals surface area contributed by atoms with Gasteiger partial charge in [0.25, 0.3) is 0 Å². The molecule has 33 heavy (non-hydrogen) atoms. The molecule has 1 atom stereocenters. The molecule has 0 aliphatic rings. The highest BCUT2D eigenvalue weighted by atomic mass is 16.4. The topological polar surface area (TPSA) is 110 Å². The van der Waals surface area contributed by atoms with Gasteiger partial charge in [0.15, 0.2) is 0 Å². The number of benzene rings is 1. The maximum Gasteiger partial charge on any atom is 0.339 e. The minimum atomic E-state index is -1.05. The van der Waals surface area contributed by atoms with Gasteiger partial charge in [0, 0.05) is 33.9 Å². The molecule has 2 aromatic heterocycles. The van der Waals surface area contributed by atoms with Crippen molar-refractivity contribution in [2.75, 3.05) is 0 Å². The molecule has 178 valence electrons. The largest absolute Gasteiger partial charge is 0.480 e. The Morgan fingerprint density at radius 3 is 2.42 bits per heavy atom. The zero-order valence-electron chi connectivity index (χ0n) is 20.3. The molecule has 1 aromatic carbocycles. The van der Waals surface area contributed by atoms with E-state index in [1.54, 1.807) is 6.26 Å². The van der Waals surface area contributed by atoms with E-state index in [0.29, 0.717) is 29.6 Å². The van der Waals surface area contributed by atoms with Gasteiger partial charge in [-0.05, 0) is 43.7 Å². The molecule has 2 heterocycles. The third-order valence-corrected chi connectivity index (χ3v) is 6.23. The molecule has 3 rings (SSSR count). The van der Waals surface area contributed by atoms with E-state index in [1.165, 1.54) is 0 Å². The lowest BCUT2D eigenvalue weighted by Gasteiger charge is -2.17. The number of carboxylic acid groups (broad SMARTS) is 1. The summed E-state index contributed by atoms with van der Waals surface area (Å²) in [6, 6.07) is 1.08. The first-order valence-electron chi connectivity index (χ1n) is 11.4. The Morgan fingerprint density at radius 1 is 1.12 bits per heavy atom. The second-order valence-electron chi connectivity index (χ2n) is 9.75. The fourth-order valence-electron chi connectivity index (χ4n) is 4.24. The third-order valence-electron chi connectivity index (χ3n) is 6.23. The van der Waals surface area contributed by atoms with Crippen LogP contribution in [-0.2, 0) is 21.4 Å². The van der Waals surface area contributed by atoms with Crippen LogP contribution in [0.3, 0.4) is 0 Å². The maximum atomic E-state index is 12.8. The van der Waals surface area contributed by atoms with E-state index in [9.17, 15) is 19.5 Å². The van der Waals surface area contributed by atoms with Crippen molar-refractivity contribution < 1.29 is 23.5 Å². The summed E-state index contributed by atoms with van der Waals surface area (Å²) >= 11 is 0. The number of amides is 1. The van der Waals surface area contributed by atoms with Crippen LogP contribution in [0.4, 0.5) is 0 Å².